The van der Waals surface area contributed by atoms with Gasteiger partial charge in [0.1, 0.15) is 0 Å². The molecule has 1 heterocycles. The molecule has 3 nitrogen and oxygen atoms in total. The van der Waals surface area contributed by atoms with E-state index in [1.807, 2.05) is 25.1 Å². The van der Waals surface area contributed by atoms with Crippen molar-refractivity contribution in [2.45, 2.75) is 13.5 Å². The number of nitrogens with two attached hydrogens (primary N) is 1. The van der Waals surface area contributed by atoms with Gasteiger partial charge in [-0.15, -0.1) is 0 Å². The number of nitrogens with zero attached hydrogens (tertiary/aromatic N) is 1. The van der Waals surface area contributed by atoms with Crippen LogP contribution in [0.4, 0.5) is 4.39 Å². The molecule has 0 aliphatic heterocycles. The zero-order chi connectivity index (χ0) is 15.0. The smallest absolute Gasteiger partial charge is 0.165 e. The van der Waals surface area contributed by atoms with Crippen molar-refractivity contribution in [2.75, 3.05) is 0 Å². The lowest BCUT2D eigenvalue weighted by Crippen LogP contribution is -2.01. The highest BCUT2D eigenvalue weighted by Crippen LogP contribution is 2.32. The van der Waals surface area contributed by atoms with Gasteiger partial charge in [-0.05, 0) is 30.0 Å². The third-order valence-corrected chi connectivity index (χ3v) is 3.58. The molecule has 0 radical (unpaired) electrons. The van der Waals surface area contributed by atoms with Crippen LogP contribution in [0.3, 0.4) is 0 Å². The monoisotopic (exact) mass is 282 g/mol. The van der Waals surface area contributed by atoms with Crippen LogP contribution in [0.1, 0.15) is 11.3 Å². The number of hydrogen-bond acceptors (Lipinski definition) is 3. The Morgan fingerprint density at radius 3 is 2.67 bits per heavy atom. The van der Waals surface area contributed by atoms with Crippen LogP contribution >= 0.6 is 0 Å². The normalized spacial score (nSPS) is 11.0. The Kier molecular flexibility index (Phi) is 3.31. The number of hydrogen-bond donors (Lipinski definition) is 2. The van der Waals surface area contributed by atoms with Gasteiger partial charge >= 0.3 is 0 Å². The molecule has 106 valence electrons. The predicted octanol–water partition coefficient (Wildman–Crippen LogP) is 3.51. The molecule has 0 aliphatic rings. The van der Waals surface area contributed by atoms with Gasteiger partial charge in [0.15, 0.2) is 11.6 Å². The van der Waals surface area contributed by atoms with Gasteiger partial charge in [0, 0.05) is 23.7 Å². The first-order chi connectivity index (χ1) is 10.1. The summed E-state index contributed by atoms with van der Waals surface area (Å²) in [4.78, 5) is 4.37. The Balaban J connectivity index is 2.32. The first kappa shape index (κ1) is 13.5. The zero-order valence-electron chi connectivity index (χ0n) is 11.6. The van der Waals surface area contributed by atoms with Crippen LogP contribution in [0.2, 0.25) is 0 Å². The average molecular weight is 282 g/mol. The fourth-order valence-corrected chi connectivity index (χ4v) is 2.48. The van der Waals surface area contributed by atoms with Gasteiger partial charge in [0.25, 0.3) is 0 Å². The number of rotatable bonds is 2. The van der Waals surface area contributed by atoms with Crippen LogP contribution in [0.25, 0.3) is 21.9 Å². The maximum absolute atomic E-state index is 13.6. The number of phenols is 1. The van der Waals surface area contributed by atoms with Crippen molar-refractivity contribution >= 4 is 10.8 Å². The molecule has 0 unspecified atom stereocenters. The van der Waals surface area contributed by atoms with Crippen LogP contribution in [0.15, 0.2) is 42.6 Å². The molecule has 2 aromatic carbocycles. The van der Waals surface area contributed by atoms with Crippen LogP contribution in [0.5, 0.6) is 5.75 Å². The Hall–Kier alpha value is -2.46. The minimum atomic E-state index is -0.642. The minimum absolute atomic E-state index is 0.351. The number of pyridine rings is 1. The topological polar surface area (TPSA) is 59.1 Å². The van der Waals surface area contributed by atoms with Crippen LogP contribution in [-0.4, -0.2) is 10.1 Å². The van der Waals surface area contributed by atoms with Crippen molar-refractivity contribution < 1.29 is 9.50 Å². The Bertz CT molecular complexity index is 830. The van der Waals surface area contributed by atoms with Gasteiger partial charge in [-0.1, -0.05) is 29.8 Å². The van der Waals surface area contributed by atoms with E-state index in [-0.39, 0.29) is 5.75 Å². The van der Waals surface area contributed by atoms with Crippen molar-refractivity contribution in [2.24, 2.45) is 5.73 Å². The van der Waals surface area contributed by atoms with Crippen molar-refractivity contribution in [1.82, 2.24) is 4.98 Å². The maximum Gasteiger partial charge on any atom is 0.165 e. The molecule has 4 heteroatoms. The van der Waals surface area contributed by atoms with E-state index in [1.165, 1.54) is 12.1 Å². The van der Waals surface area contributed by atoms with E-state index in [0.717, 1.165) is 27.6 Å². The molecule has 1 aromatic heterocycles. The lowest BCUT2D eigenvalue weighted by atomic mass is 9.97. The maximum atomic E-state index is 13.6. The summed E-state index contributed by atoms with van der Waals surface area (Å²) in [6.07, 6.45) is 1.70. The standard InChI is InChI=1S/C17H15FN2O/c1-10-2-4-12-13(6-10)14(9-20-16(12)8-19)11-3-5-17(21)15(18)7-11/h2-7,9,21H,8,19H2,1H3. The summed E-state index contributed by atoms with van der Waals surface area (Å²) < 4.78 is 13.6. The average Bonchev–Trinajstić information content (AvgIpc) is 2.49. The van der Waals surface area contributed by atoms with Crippen LogP contribution in [-0.2, 0) is 6.54 Å². The molecule has 0 aliphatic carbocycles. The number of phenolic OH excluding ortho intramolecular Hbond substituents is 1. The lowest BCUT2D eigenvalue weighted by Gasteiger charge is -2.11. The summed E-state index contributed by atoms with van der Waals surface area (Å²) in [5, 5.41) is 11.3. The molecule has 3 rings (SSSR count). The number of aromatic nitrogens is 1. The first-order valence-corrected chi connectivity index (χ1v) is 6.67. The predicted molar refractivity (Wildman–Crippen MR) is 81.4 cm³/mol. The highest BCUT2D eigenvalue weighted by Gasteiger charge is 2.10. The van der Waals surface area contributed by atoms with Gasteiger partial charge in [-0.25, -0.2) is 4.39 Å². The van der Waals surface area contributed by atoms with Crippen molar-refractivity contribution in [3.8, 4) is 16.9 Å². The highest BCUT2D eigenvalue weighted by atomic mass is 19.1. The summed E-state index contributed by atoms with van der Waals surface area (Å²) in [5.74, 6) is -0.998. The van der Waals surface area contributed by atoms with Gasteiger partial charge in [-0.2, -0.15) is 0 Å². The van der Waals surface area contributed by atoms with E-state index in [1.54, 1.807) is 12.3 Å². The largest absolute Gasteiger partial charge is 0.505 e. The van der Waals surface area contributed by atoms with E-state index in [0.29, 0.717) is 12.1 Å². The molecule has 0 bridgehead atoms. The van der Waals surface area contributed by atoms with E-state index < -0.39 is 5.82 Å². The summed E-state index contributed by atoms with van der Waals surface area (Å²) >= 11 is 0. The van der Waals surface area contributed by atoms with Gasteiger partial charge < -0.3 is 10.8 Å². The van der Waals surface area contributed by atoms with Gasteiger partial charge in [0.05, 0.1) is 5.69 Å². The summed E-state index contributed by atoms with van der Waals surface area (Å²) in [6, 6.07) is 10.4. The second-order valence-electron chi connectivity index (χ2n) is 5.04. The summed E-state index contributed by atoms with van der Waals surface area (Å²) in [7, 11) is 0. The fourth-order valence-electron chi connectivity index (χ4n) is 2.48. The van der Waals surface area contributed by atoms with E-state index in [4.69, 9.17) is 5.73 Å². The number of aromatic hydroxyl groups is 1. The Morgan fingerprint density at radius 2 is 1.95 bits per heavy atom. The van der Waals surface area contributed by atoms with Crippen molar-refractivity contribution in [3.05, 3.63) is 59.7 Å². The number of fused-ring (bicyclic) bond motifs is 1. The van der Waals surface area contributed by atoms with E-state index in [2.05, 4.69) is 4.98 Å². The van der Waals surface area contributed by atoms with Crippen LogP contribution < -0.4 is 5.73 Å². The molecule has 3 N–H and O–H groups in total. The van der Waals surface area contributed by atoms with Gasteiger partial charge in [-0.3, -0.25) is 4.98 Å². The van der Waals surface area contributed by atoms with Crippen molar-refractivity contribution in [1.29, 1.82) is 0 Å². The third-order valence-electron chi connectivity index (χ3n) is 3.58. The van der Waals surface area contributed by atoms with Crippen molar-refractivity contribution in [3.63, 3.8) is 0 Å². The second kappa shape index (κ2) is 5.14. The molecule has 0 saturated heterocycles. The summed E-state index contributed by atoms with van der Waals surface area (Å²) in [5.41, 5.74) is 9.15. The van der Waals surface area contributed by atoms with E-state index in [9.17, 15) is 9.50 Å². The Morgan fingerprint density at radius 1 is 1.14 bits per heavy atom. The number of aryl methyl sites for hydroxylation is 1. The first-order valence-electron chi connectivity index (χ1n) is 6.67. The molecular weight excluding hydrogens is 267 g/mol. The Labute approximate surface area is 121 Å². The zero-order valence-corrected chi connectivity index (χ0v) is 11.6. The van der Waals surface area contributed by atoms with E-state index >= 15 is 0 Å². The molecule has 3 aromatic rings. The quantitative estimate of drug-likeness (QED) is 0.756. The summed E-state index contributed by atoms with van der Waals surface area (Å²) in [6.45, 7) is 2.35. The minimum Gasteiger partial charge on any atom is -0.505 e. The SMILES string of the molecule is Cc1ccc2c(CN)ncc(-c3ccc(O)c(F)c3)c2c1. The molecule has 0 spiro atoms. The fraction of sp³-hybridized carbons (Fsp3) is 0.118. The molecular formula is C17H15FN2O. The molecule has 0 saturated carbocycles. The lowest BCUT2D eigenvalue weighted by molar-refractivity contribution is 0.432. The molecule has 0 atom stereocenters. The molecule has 0 amide bonds. The number of benzene rings is 2. The van der Waals surface area contributed by atoms with Crippen LogP contribution in [0, 0.1) is 12.7 Å². The van der Waals surface area contributed by atoms with Gasteiger partial charge in [0.2, 0.25) is 0 Å². The second-order valence-corrected chi connectivity index (χ2v) is 5.04. The number of halogens is 1. The highest BCUT2D eigenvalue weighted by molar-refractivity contribution is 5.97. The third kappa shape index (κ3) is 2.34. The molecule has 0 fully saturated rings. The molecule has 21 heavy (non-hydrogen) atoms.